The summed E-state index contributed by atoms with van der Waals surface area (Å²) in [6.07, 6.45) is 0. The van der Waals surface area contributed by atoms with E-state index in [1.165, 1.54) is 28.1 Å². The lowest BCUT2D eigenvalue weighted by molar-refractivity contribution is 0.628. The molecule has 0 fully saturated rings. The zero-order valence-electron chi connectivity index (χ0n) is 10.1. The maximum absolute atomic E-state index is 12.9. The quantitative estimate of drug-likeness (QED) is 0.864. The van der Waals surface area contributed by atoms with Gasteiger partial charge in [0, 0.05) is 11.4 Å². The Kier molecular flexibility index (Phi) is 3.92. The van der Waals surface area contributed by atoms with Crippen LogP contribution in [0.4, 0.5) is 4.39 Å². The Hall–Kier alpha value is -1.19. The predicted octanol–water partition coefficient (Wildman–Crippen LogP) is 3.97. The van der Waals surface area contributed by atoms with E-state index in [1.54, 1.807) is 11.3 Å². The first-order chi connectivity index (χ1) is 8.22. The van der Waals surface area contributed by atoms with Crippen LogP contribution in [0.3, 0.4) is 0 Å². The molecule has 2 rings (SSSR count). The van der Waals surface area contributed by atoms with Crippen LogP contribution in [0.1, 0.15) is 18.1 Å². The molecule has 0 unspecified atom stereocenters. The summed E-state index contributed by atoms with van der Waals surface area (Å²) in [7, 11) is 0. The maximum atomic E-state index is 12.9. The lowest BCUT2D eigenvalue weighted by Gasteiger charge is -2.03. The monoisotopic (exact) mass is 249 g/mol. The van der Waals surface area contributed by atoms with Gasteiger partial charge in [-0.1, -0.05) is 19.1 Å². The molecule has 90 valence electrons. The summed E-state index contributed by atoms with van der Waals surface area (Å²) in [4.78, 5) is 1.23. The van der Waals surface area contributed by atoms with E-state index >= 15 is 0 Å². The Balaban J connectivity index is 2.27. The van der Waals surface area contributed by atoms with Crippen molar-refractivity contribution in [2.24, 2.45) is 0 Å². The number of rotatable bonds is 4. The second-order valence-corrected chi connectivity index (χ2v) is 4.88. The SMILES string of the molecule is CCNCc1csc(-c2ccc(F)cc2)c1C. The molecule has 0 aliphatic heterocycles. The first-order valence-corrected chi connectivity index (χ1v) is 6.64. The Bertz CT molecular complexity index is 487. The molecule has 0 spiro atoms. The lowest BCUT2D eigenvalue weighted by Crippen LogP contribution is -2.11. The van der Waals surface area contributed by atoms with Crippen LogP contribution in [0.2, 0.25) is 0 Å². The van der Waals surface area contributed by atoms with Crippen molar-refractivity contribution in [2.45, 2.75) is 20.4 Å². The van der Waals surface area contributed by atoms with E-state index in [1.807, 2.05) is 12.1 Å². The van der Waals surface area contributed by atoms with E-state index in [2.05, 4.69) is 24.5 Å². The van der Waals surface area contributed by atoms with Crippen molar-refractivity contribution in [2.75, 3.05) is 6.54 Å². The minimum atomic E-state index is -0.184. The molecule has 1 aromatic carbocycles. The molecule has 1 heterocycles. The summed E-state index contributed by atoms with van der Waals surface area (Å²) in [6.45, 7) is 6.10. The topological polar surface area (TPSA) is 12.0 Å². The van der Waals surface area contributed by atoms with Crippen LogP contribution < -0.4 is 5.32 Å². The van der Waals surface area contributed by atoms with E-state index in [0.29, 0.717) is 0 Å². The van der Waals surface area contributed by atoms with Gasteiger partial charge in [-0.15, -0.1) is 11.3 Å². The van der Waals surface area contributed by atoms with Gasteiger partial charge >= 0.3 is 0 Å². The first kappa shape index (κ1) is 12.3. The minimum Gasteiger partial charge on any atom is -0.313 e. The van der Waals surface area contributed by atoms with E-state index in [0.717, 1.165) is 18.7 Å². The van der Waals surface area contributed by atoms with Gasteiger partial charge in [0.15, 0.2) is 0 Å². The fourth-order valence-electron chi connectivity index (χ4n) is 1.77. The van der Waals surface area contributed by atoms with E-state index in [-0.39, 0.29) is 5.82 Å². The smallest absolute Gasteiger partial charge is 0.123 e. The van der Waals surface area contributed by atoms with Crippen LogP contribution in [0.5, 0.6) is 0 Å². The highest BCUT2D eigenvalue weighted by molar-refractivity contribution is 7.14. The van der Waals surface area contributed by atoms with Crippen molar-refractivity contribution >= 4 is 11.3 Å². The second kappa shape index (κ2) is 5.43. The molecule has 0 radical (unpaired) electrons. The third kappa shape index (κ3) is 2.73. The van der Waals surface area contributed by atoms with Gasteiger partial charge in [-0.05, 0) is 47.7 Å². The third-order valence-electron chi connectivity index (χ3n) is 2.81. The molecule has 0 bridgehead atoms. The van der Waals surface area contributed by atoms with Crippen molar-refractivity contribution in [1.82, 2.24) is 5.32 Å². The fraction of sp³-hybridized carbons (Fsp3) is 0.286. The van der Waals surface area contributed by atoms with Crippen LogP contribution in [0.15, 0.2) is 29.6 Å². The molecular formula is C14H16FNS. The van der Waals surface area contributed by atoms with Gasteiger partial charge in [0.25, 0.3) is 0 Å². The zero-order valence-corrected chi connectivity index (χ0v) is 10.9. The fourth-order valence-corrected chi connectivity index (χ4v) is 2.87. The van der Waals surface area contributed by atoms with Gasteiger partial charge < -0.3 is 5.32 Å². The van der Waals surface area contributed by atoms with Crippen LogP contribution in [-0.2, 0) is 6.54 Å². The summed E-state index contributed by atoms with van der Waals surface area (Å²) in [5, 5.41) is 5.50. The molecule has 1 aromatic heterocycles. The Morgan fingerprint density at radius 3 is 2.59 bits per heavy atom. The Morgan fingerprint density at radius 1 is 1.24 bits per heavy atom. The number of benzene rings is 1. The summed E-state index contributed by atoms with van der Waals surface area (Å²) in [6, 6.07) is 6.70. The van der Waals surface area contributed by atoms with Crippen LogP contribution in [-0.4, -0.2) is 6.54 Å². The molecule has 0 saturated carbocycles. The van der Waals surface area contributed by atoms with Gasteiger partial charge in [-0.25, -0.2) is 4.39 Å². The molecule has 0 saturated heterocycles. The van der Waals surface area contributed by atoms with Gasteiger partial charge in [0.1, 0.15) is 5.82 Å². The highest BCUT2D eigenvalue weighted by Gasteiger charge is 2.08. The van der Waals surface area contributed by atoms with E-state index in [9.17, 15) is 4.39 Å². The van der Waals surface area contributed by atoms with Gasteiger partial charge in [0.2, 0.25) is 0 Å². The Labute approximate surface area is 105 Å². The average Bonchev–Trinajstić information content (AvgIpc) is 2.69. The first-order valence-electron chi connectivity index (χ1n) is 5.76. The normalized spacial score (nSPS) is 10.8. The average molecular weight is 249 g/mol. The molecule has 1 nitrogen and oxygen atoms in total. The highest BCUT2D eigenvalue weighted by atomic mass is 32.1. The molecule has 17 heavy (non-hydrogen) atoms. The standard InChI is InChI=1S/C14H16FNS/c1-3-16-8-12-9-17-14(10(12)2)11-4-6-13(15)7-5-11/h4-7,9,16H,3,8H2,1-2H3. The third-order valence-corrected chi connectivity index (χ3v) is 3.99. The molecule has 3 heteroatoms. The van der Waals surface area contributed by atoms with Crippen molar-refractivity contribution in [3.8, 4) is 10.4 Å². The van der Waals surface area contributed by atoms with Crippen LogP contribution in [0, 0.1) is 12.7 Å². The highest BCUT2D eigenvalue weighted by Crippen LogP contribution is 2.32. The minimum absolute atomic E-state index is 0.184. The van der Waals surface area contributed by atoms with Crippen molar-refractivity contribution in [3.63, 3.8) is 0 Å². The zero-order chi connectivity index (χ0) is 12.3. The summed E-state index contributed by atoms with van der Waals surface area (Å²) in [5.41, 5.74) is 3.72. The van der Waals surface area contributed by atoms with E-state index in [4.69, 9.17) is 0 Å². The van der Waals surface area contributed by atoms with Crippen LogP contribution >= 0.6 is 11.3 Å². The maximum Gasteiger partial charge on any atom is 0.123 e. The van der Waals surface area contributed by atoms with Gasteiger partial charge in [-0.3, -0.25) is 0 Å². The van der Waals surface area contributed by atoms with Crippen LogP contribution in [0.25, 0.3) is 10.4 Å². The lowest BCUT2D eigenvalue weighted by atomic mass is 10.1. The van der Waals surface area contributed by atoms with Crippen molar-refractivity contribution < 1.29 is 4.39 Å². The molecule has 2 aromatic rings. The van der Waals surface area contributed by atoms with Crippen molar-refractivity contribution in [1.29, 1.82) is 0 Å². The summed E-state index contributed by atoms with van der Waals surface area (Å²) >= 11 is 1.72. The molecule has 0 atom stereocenters. The molecule has 0 aliphatic carbocycles. The largest absolute Gasteiger partial charge is 0.313 e. The molecule has 0 aliphatic rings. The van der Waals surface area contributed by atoms with Gasteiger partial charge in [0.05, 0.1) is 0 Å². The number of hydrogen-bond donors (Lipinski definition) is 1. The van der Waals surface area contributed by atoms with Crippen molar-refractivity contribution in [3.05, 3.63) is 46.6 Å². The number of nitrogens with one attached hydrogen (secondary N) is 1. The number of thiophene rings is 1. The summed E-state index contributed by atoms with van der Waals surface area (Å²) in [5.74, 6) is -0.184. The second-order valence-electron chi connectivity index (χ2n) is 4.00. The molecule has 1 N–H and O–H groups in total. The number of halogens is 1. The summed E-state index contributed by atoms with van der Waals surface area (Å²) < 4.78 is 12.9. The predicted molar refractivity (Wildman–Crippen MR) is 71.8 cm³/mol. The molecular weight excluding hydrogens is 233 g/mol. The Morgan fingerprint density at radius 2 is 1.94 bits per heavy atom. The van der Waals surface area contributed by atoms with E-state index < -0.39 is 0 Å². The number of hydrogen-bond acceptors (Lipinski definition) is 2. The van der Waals surface area contributed by atoms with Gasteiger partial charge in [-0.2, -0.15) is 0 Å². The molecule has 0 amide bonds.